The van der Waals surface area contributed by atoms with Gasteiger partial charge in [0.15, 0.2) is 0 Å². The number of amides is 1. The van der Waals surface area contributed by atoms with E-state index in [0.717, 1.165) is 38.4 Å². The Morgan fingerprint density at radius 3 is 2.33 bits per heavy atom. The largest absolute Gasteiger partial charge is 0.872 e. The first-order valence-corrected chi connectivity index (χ1v) is 15.8. The second kappa shape index (κ2) is 14.5. The Morgan fingerprint density at radius 1 is 0.870 bits per heavy atom. The monoisotopic (exact) mass is 618 g/mol. The number of nitrogens with one attached hydrogen (secondary N) is 1. The zero-order valence-corrected chi connectivity index (χ0v) is 25.9. The van der Waals surface area contributed by atoms with E-state index in [4.69, 9.17) is 14.2 Å². The van der Waals surface area contributed by atoms with Crippen LogP contribution in [0.3, 0.4) is 0 Å². The first kappa shape index (κ1) is 31.1. The third kappa shape index (κ3) is 7.14. The van der Waals surface area contributed by atoms with E-state index < -0.39 is 23.5 Å². The van der Waals surface area contributed by atoms with Gasteiger partial charge in [-0.05, 0) is 65.6 Å². The van der Waals surface area contributed by atoms with Crippen LogP contribution in [-0.4, -0.2) is 56.0 Å². The van der Waals surface area contributed by atoms with Crippen molar-refractivity contribution in [3.63, 3.8) is 0 Å². The maximum atomic E-state index is 14.2. The summed E-state index contributed by atoms with van der Waals surface area (Å²) in [4.78, 5) is 30.2. The quantitative estimate of drug-likeness (QED) is 0.156. The minimum Gasteiger partial charge on any atom is -0.872 e. The van der Waals surface area contributed by atoms with Gasteiger partial charge in [-0.2, -0.15) is 0 Å². The molecule has 6 rings (SSSR count). The molecule has 4 aromatic carbocycles. The fraction of sp³-hybridized carbons (Fsp3) is 0.263. The molecule has 0 saturated carbocycles. The second-order valence-corrected chi connectivity index (χ2v) is 11.7. The number of quaternary nitrogens is 1. The minimum atomic E-state index is -0.833. The van der Waals surface area contributed by atoms with Crippen molar-refractivity contribution < 1.29 is 33.8 Å². The first-order valence-electron chi connectivity index (χ1n) is 15.8. The summed E-state index contributed by atoms with van der Waals surface area (Å²) in [5, 5.41) is 14.2. The molecule has 0 radical (unpaired) electrons. The highest BCUT2D eigenvalue weighted by Gasteiger charge is 2.44. The SMILES string of the molecule is Cc1cc(OCc2ccccc2)ccc1/C([O-])=C1\C(=O)C(=O)N(CCC[NH+]2CCOCC2)C1c1cccc(Oc2ccccc2)c1. The van der Waals surface area contributed by atoms with E-state index in [1.54, 1.807) is 23.1 Å². The number of benzene rings is 4. The van der Waals surface area contributed by atoms with Gasteiger partial charge < -0.3 is 29.1 Å². The summed E-state index contributed by atoms with van der Waals surface area (Å²) in [5.41, 5.74) is 2.67. The predicted octanol–water partition coefficient (Wildman–Crippen LogP) is 3.90. The summed E-state index contributed by atoms with van der Waals surface area (Å²) >= 11 is 0. The molecule has 2 heterocycles. The Labute approximate surface area is 269 Å². The highest BCUT2D eigenvalue weighted by atomic mass is 16.5. The van der Waals surface area contributed by atoms with E-state index in [1.165, 1.54) is 4.90 Å². The van der Waals surface area contributed by atoms with Crippen molar-refractivity contribution in [1.82, 2.24) is 4.90 Å². The third-order valence-corrected chi connectivity index (χ3v) is 8.50. The Balaban J connectivity index is 1.31. The van der Waals surface area contributed by atoms with Crippen molar-refractivity contribution in [3.05, 3.63) is 131 Å². The van der Waals surface area contributed by atoms with Gasteiger partial charge in [0.1, 0.15) is 36.9 Å². The van der Waals surface area contributed by atoms with Crippen molar-refractivity contribution in [2.24, 2.45) is 0 Å². The minimum absolute atomic E-state index is 0.0402. The molecule has 2 saturated heterocycles. The molecule has 2 aliphatic rings. The second-order valence-electron chi connectivity index (χ2n) is 11.7. The molecule has 2 aliphatic heterocycles. The number of carbonyl (C=O) groups excluding carboxylic acids is 2. The van der Waals surface area contributed by atoms with Crippen LogP contribution < -0.4 is 19.5 Å². The molecule has 2 fully saturated rings. The number of rotatable bonds is 11. The summed E-state index contributed by atoms with van der Waals surface area (Å²) < 4.78 is 17.5. The highest BCUT2D eigenvalue weighted by Crippen LogP contribution is 2.40. The Kier molecular flexibility index (Phi) is 9.76. The number of para-hydroxylation sites is 1. The summed E-state index contributed by atoms with van der Waals surface area (Å²) in [6, 6.07) is 30.9. The maximum Gasteiger partial charge on any atom is 0.295 e. The van der Waals surface area contributed by atoms with Gasteiger partial charge in [-0.25, -0.2) is 0 Å². The van der Waals surface area contributed by atoms with Gasteiger partial charge in [-0.1, -0.05) is 72.5 Å². The van der Waals surface area contributed by atoms with Crippen molar-refractivity contribution >= 4 is 17.4 Å². The lowest BCUT2D eigenvalue weighted by molar-refractivity contribution is -0.908. The number of carbonyl (C=O) groups is 2. The Bertz CT molecular complexity index is 1700. The number of hydrogen-bond acceptors (Lipinski definition) is 6. The molecular formula is C38H38N2O6. The van der Waals surface area contributed by atoms with Crippen LogP contribution in [0.15, 0.2) is 109 Å². The van der Waals surface area contributed by atoms with Gasteiger partial charge in [-0.3, -0.25) is 9.59 Å². The molecule has 8 nitrogen and oxygen atoms in total. The zero-order valence-electron chi connectivity index (χ0n) is 25.9. The van der Waals surface area contributed by atoms with Crippen molar-refractivity contribution in [1.29, 1.82) is 0 Å². The molecule has 1 unspecified atom stereocenters. The Hall–Kier alpha value is -4.92. The highest BCUT2D eigenvalue weighted by molar-refractivity contribution is 6.46. The average molecular weight is 619 g/mol. The Morgan fingerprint density at radius 2 is 1.59 bits per heavy atom. The van der Waals surface area contributed by atoms with Gasteiger partial charge in [0.2, 0.25) is 5.78 Å². The molecule has 0 bridgehead atoms. The fourth-order valence-corrected chi connectivity index (χ4v) is 6.10. The number of ketones is 1. The van der Waals surface area contributed by atoms with Crippen LogP contribution in [0, 0.1) is 6.92 Å². The van der Waals surface area contributed by atoms with Crippen LogP contribution in [-0.2, 0) is 20.9 Å². The van der Waals surface area contributed by atoms with Crippen molar-refractivity contribution in [2.75, 3.05) is 39.4 Å². The molecule has 0 aliphatic carbocycles. The number of nitrogens with zero attached hydrogens (tertiary/aromatic N) is 1. The summed E-state index contributed by atoms with van der Waals surface area (Å²) in [6.45, 7) is 6.66. The molecule has 236 valence electrons. The molecule has 8 heteroatoms. The summed E-state index contributed by atoms with van der Waals surface area (Å²) in [6.07, 6.45) is 0.693. The van der Waals surface area contributed by atoms with Crippen molar-refractivity contribution in [2.45, 2.75) is 26.0 Å². The number of likely N-dealkylation sites (tertiary alicyclic amines) is 1. The van der Waals surface area contributed by atoms with Crippen LogP contribution in [0.25, 0.3) is 5.76 Å². The first-order chi connectivity index (χ1) is 22.5. The molecule has 4 aromatic rings. The van der Waals surface area contributed by atoms with Gasteiger partial charge in [-0.15, -0.1) is 0 Å². The lowest BCUT2D eigenvalue weighted by atomic mass is 9.93. The molecule has 1 N–H and O–H groups in total. The number of Topliss-reactive ketones (excluding diaryl/α,β-unsaturated/α-hetero) is 1. The van der Waals surface area contributed by atoms with Gasteiger partial charge in [0.05, 0.1) is 25.8 Å². The molecule has 1 amide bonds. The summed E-state index contributed by atoms with van der Waals surface area (Å²) in [5.74, 6) is -0.0327. The normalized spacial score (nSPS) is 18.1. The average Bonchev–Trinajstić information content (AvgIpc) is 3.34. The molecule has 0 spiro atoms. The van der Waals surface area contributed by atoms with E-state index >= 15 is 0 Å². The van der Waals surface area contributed by atoms with Crippen LogP contribution in [0.2, 0.25) is 0 Å². The third-order valence-electron chi connectivity index (χ3n) is 8.50. The van der Waals surface area contributed by atoms with Gasteiger partial charge in [0, 0.05) is 18.5 Å². The van der Waals surface area contributed by atoms with Crippen LogP contribution >= 0.6 is 0 Å². The lowest BCUT2D eigenvalue weighted by Gasteiger charge is -2.29. The lowest BCUT2D eigenvalue weighted by Crippen LogP contribution is -3.14. The van der Waals surface area contributed by atoms with E-state index in [-0.39, 0.29) is 5.57 Å². The van der Waals surface area contributed by atoms with Crippen LogP contribution in [0.1, 0.15) is 34.7 Å². The predicted molar refractivity (Wildman–Crippen MR) is 172 cm³/mol. The smallest absolute Gasteiger partial charge is 0.295 e. The molecule has 46 heavy (non-hydrogen) atoms. The number of ether oxygens (including phenoxy) is 3. The molecule has 1 atom stereocenters. The number of morpholine rings is 1. The van der Waals surface area contributed by atoms with E-state index in [1.807, 2.05) is 91.9 Å². The molecular weight excluding hydrogens is 580 g/mol. The number of hydrogen-bond donors (Lipinski definition) is 1. The topological polar surface area (TPSA) is 92.6 Å². The maximum absolute atomic E-state index is 14.2. The zero-order chi connectivity index (χ0) is 31.9. The summed E-state index contributed by atoms with van der Waals surface area (Å²) in [7, 11) is 0. The standard InChI is InChI=1S/C38H38N2O6/c1-27-24-31(45-26-28-10-4-2-5-11-28)16-17-33(27)36(41)34-35(29-12-8-15-32(25-29)46-30-13-6-3-7-14-30)40(38(43)37(34)42)19-9-18-39-20-22-44-23-21-39/h2-8,10-17,24-25,35,41H,9,18-23,26H2,1H3/b36-34+. The van der Waals surface area contributed by atoms with E-state index in [9.17, 15) is 14.7 Å². The van der Waals surface area contributed by atoms with E-state index in [2.05, 4.69) is 0 Å². The number of aryl methyl sites for hydroxylation is 1. The van der Waals surface area contributed by atoms with Crippen LogP contribution in [0.5, 0.6) is 17.2 Å². The van der Waals surface area contributed by atoms with Crippen LogP contribution in [0.4, 0.5) is 0 Å². The fourth-order valence-electron chi connectivity index (χ4n) is 6.10. The molecule has 0 aromatic heterocycles. The van der Waals surface area contributed by atoms with Crippen molar-refractivity contribution in [3.8, 4) is 17.2 Å². The van der Waals surface area contributed by atoms with Gasteiger partial charge in [0.25, 0.3) is 5.91 Å². The van der Waals surface area contributed by atoms with E-state index in [0.29, 0.717) is 53.5 Å². The van der Waals surface area contributed by atoms with Gasteiger partial charge >= 0.3 is 0 Å².